The first-order chi connectivity index (χ1) is 17.8. The number of hydrogen-bond donors (Lipinski definition) is 2. The van der Waals surface area contributed by atoms with Gasteiger partial charge in [-0.1, -0.05) is 30.3 Å². The average molecular weight is 577 g/mol. The van der Waals surface area contributed by atoms with Crippen molar-refractivity contribution in [2.75, 3.05) is 38.2 Å². The van der Waals surface area contributed by atoms with E-state index in [9.17, 15) is 18.0 Å². The summed E-state index contributed by atoms with van der Waals surface area (Å²) < 4.78 is 32.3. The number of ether oxygens (including phenoxy) is 1. The number of thiophene rings is 1. The lowest BCUT2D eigenvalue weighted by Crippen LogP contribution is -2.40. The van der Waals surface area contributed by atoms with E-state index in [1.165, 1.54) is 45.5 Å². The van der Waals surface area contributed by atoms with Crippen molar-refractivity contribution in [3.8, 4) is 0 Å². The number of amides is 2. The predicted molar refractivity (Wildman–Crippen MR) is 148 cm³/mol. The number of primary amides is 1. The van der Waals surface area contributed by atoms with Crippen LogP contribution in [-0.4, -0.2) is 62.3 Å². The molecule has 9 nitrogen and oxygen atoms in total. The maximum absolute atomic E-state index is 13.0. The molecular formula is C26H29ClN4O5S2. The average Bonchev–Trinajstić information content (AvgIpc) is 3.27. The number of sulfonamides is 1. The Morgan fingerprint density at radius 1 is 1.00 bits per heavy atom. The zero-order valence-electron chi connectivity index (χ0n) is 20.6. The summed E-state index contributed by atoms with van der Waals surface area (Å²) >= 11 is 1.36. The van der Waals surface area contributed by atoms with Crippen LogP contribution in [0.15, 0.2) is 59.5 Å². The number of hydrogen-bond acceptors (Lipinski definition) is 7. The second kappa shape index (κ2) is 11.9. The molecule has 3 heterocycles. The quantitative estimate of drug-likeness (QED) is 0.446. The van der Waals surface area contributed by atoms with Crippen LogP contribution in [0.4, 0.5) is 5.00 Å². The van der Waals surface area contributed by atoms with E-state index in [1.807, 2.05) is 18.2 Å². The molecule has 202 valence electrons. The van der Waals surface area contributed by atoms with Crippen molar-refractivity contribution in [2.24, 2.45) is 5.73 Å². The summed E-state index contributed by atoms with van der Waals surface area (Å²) in [7, 11) is -3.65. The summed E-state index contributed by atoms with van der Waals surface area (Å²) in [5.74, 6) is -1.01. The Bertz CT molecular complexity index is 1410. The van der Waals surface area contributed by atoms with Crippen LogP contribution >= 0.6 is 23.7 Å². The van der Waals surface area contributed by atoms with Crippen molar-refractivity contribution in [2.45, 2.75) is 24.4 Å². The molecule has 38 heavy (non-hydrogen) atoms. The molecule has 5 rings (SSSR count). The van der Waals surface area contributed by atoms with Gasteiger partial charge in [0.05, 0.1) is 23.7 Å². The number of carbonyl (C=O) groups excluding carboxylic acids is 2. The smallest absolute Gasteiger partial charge is 0.256 e. The van der Waals surface area contributed by atoms with Gasteiger partial charge in [-0.3, -0.25) is 14.5 Å². The molecule has 2 aliphatic heterocycles. The van der Waals surface area contributed by atoms with Gasteiger partial charge in [-0.2, -0.15) is 4.31 Å². The highest BCUT2D eigenvalue weighted by atomic mass is 35.5. The first-order valence-electron chi connectivity index (χ1n) is 12.0. The SMILES string of the molecule is Cl.NC(=O)c1c(NC(=O)c2ccc(S(=O)(=O)N3CCOCC3)cc2)sc2c1CCN(Cc1ccccc1)C2. The zero-order valence-corrected chi connectivity index (χ0v) is 23.0. The molecule has 0 atom stereocenters. The highest BCUT2D eigenvalue weighted by Crippen LogP contribution is 2.37. The fourth-order valence-corrected chi connectivity index (χ4v) is 7.37. The van der Waals surface area contributed by atoms with Gasteiger partial charge in [0, 0.05) is 43.2 Å². The Balaban J connectivity index is 0.00000336. The summed E-state index contributed by atoms with van der Waals surface area (Å²) in [5.41, 5.74) is 8.47. The number of rotatable bonds is 7. The van der Waals surface area contributed by atoms with E-state index >= 15 is 0 Å². The molecule has 2 amide bonds. The largest absolute Gasteiger partial charge is 0.379 e. The van der Waals surface area contributed by atoms with Crippen LogP contribution in [0.3, 0.4) is 0 Å². The molecule has 1 saturated heterocycles. The van der Waals surface area contributed by atoms with E-state index < -0.39 is 21.8 Å². The lowest BCUT2D eigenvalue weighted by molar-refractivity contribution is 0.0730. The number of fused-ring (bicyclic) bond motifs is 1. The van der Waals surface area contributed by atoms with E-state index in [0.717, 1.165) is 23.5 Å². The first kappa shape index (κ1) is 28.2. The third-order valence-electron chi connectivity index (χ3n) is 6.58. The molecule has 0 radical (unpaired) electrons. The monoisotopic (exact) mass is 576 g/mol. The number of nitrogens with two attached hydrogens (primary N) is 1. The van der Waals surface area contributed by atoms with E-state index in [2.05, 4.69) is 22.3 Å². The van der Waals surface area contributed by atoms with E-state index in [0.29, 0.717) is 49.8 Å². The van der Waals surface area contributed by atoms with Crippen LogP contribution < -0.4 is 11.1 Å². The summed E-state index contributed by atoms with van der Waals surface area (Å²) in [6.07, 6.45) is 0.668. The highest BCUT2D eigenvalue weighted by molar-refractivity contribution is 7.89. The van der Waals surface area contributed by atoms with Crippen LogP contribution in [0, 0.1) is 0 Å². The molecule has 1 aromatic heterocycles. The molecule has 0 spiro atoms. The lowest BCUT2D eigenvalue weighted by Gasteiger charge is -2.27. The molecule has 12 heteroatoms. The van der Waals surface area contributed by atoms with Crippen molar-refractivity contribution in [3.63, 3.8) is 0 Å². The number of carbonyl (C=O) groups is 2. The van der Waals surface area contributed by atoms with E-state index in [-0.39, 0.29) is 22.9 Å². The molecule has 0 unspecified atom stereocenters. The Hall–Kier alpha value is -2.80. The maximum atomic E-state index is 13.0. The van der Waals surface area contributed by atoms with Gasteiger partial charge in [0.15, 0.2) is 0 Å². The zero-order chi connectivity index (χ0) is 26.0. The van der Waals surface area contributed by atoms with Crippen molar-refractivity contribution in [1.29, 1.82) is 0 Å². The Kier molecular flexibility index (Phi) is 8.86. The molecule has 1 fully saturated rings. The molecule has 3 N–H and O–H groups in total. The third kappa shape index (κ3) is 5.93. The molecule has 3 aromatic rings. The fraction of sp³-hybridized carbons (Fsp3) is 0.308. The number of halogens is 1. The van der Waals surface area contributed by atoms with Gasteiger partial charge in [-0.25, -0.2) is 8.42 Å². The Morgan fingerprint density at radius 2 is 1.68 bits per heavy atom. The first-order valence-corrected chi connectivity index (χ1v) is 14.3. The number of anilines is 1. The second-order valence-electron chi connectivity index (χ2n) is 9.01. The van der Waals surface area contributed by atoms with E-state index in [1.54, 1.807) is 0 Å². The number of morpholine rings is 1. The predicted octanol–water partition coefficient (Wildman–Crippen LogP) is 3.10. The van der Waals surface area contributed by atoms with Crippen LogP contribution in [0.2, 0.25) is 0 Å². The molecular weight excluding hydrogens is 548 g/mol. The Morgan fingerprint density at radius 3 is 2.34 bits per heavy atom. The molecule has 0 aliphatic carbocycles. The molecule has 0 saturated carbocycles. The third-order valence-corrected chi connectivity index (χ3v) is 9.63. The van der Waals surface area contributed by atoms with Gasteiger partial charge in [0.2, 0.25) is 10.0 Å². The molecule has 2 aromatic carbocycles. The van der Waals surface area contributed by atoms with Gasteiger partial charge in [0.1, 0.15) is 5.00 Å². The van der Waals surface area contributed by atoms with Crippen molar-refractivity contribution >= 4 is 50.6 Å². The fourth-order valence-electron chi connectivity index (χ4n) is 4.67. The number of nitrogens with one attached hydrogen (secondary N) is 1. The normalized spacial score (nSPS) is 16.3. The minimum atomic E-state index is -3.65. The van der Waals surface area contributed by atoms with Crippen LogP contribution in [0.1, 0.15) is 36.7 Å². The van der Waals surface area contributed by atoms with Crippen LogP contribution in [0.5, 0.6) is 0 Å². The maximum Gasteiger partial charge on any atom is 0.256 e. The summed E-state index contributed by atoms with van der Waals surface area (Å²) in [4.78, 5) is 28.8. The van der Waals surface area contributed by atoms with Crippen molar-refractivity contribution in [1.82, 2.24) is 9.21 Å². The van der Waals surface area contributed by atoms with E-state index in [4.69, 9.17) is 10.5 Å². The minimum absolute atomic E-state index is 0. The summed E-state index contributed by atoms with van der Waals surface area (Å²) in [5, 5.41) is 3.26. The van der Waals surface area contributed by atoms with Gasteiger partial charge >= 0.3 is 0 Å². The lowest BCUT2D eigenvalue weighted by atomic mass is 10.0. The standard InChI is InChI=1S/C26H28N4O5S2.ClH/c27-24(31)23-21-10-11-29(16-18-4-2-1-3-5-18)17-22(21)36-26(23)28-25(32)19-6-8-20(9-7-19)37(33,34)30-12-14-35-15-13-30;/h1-9H,10-17H2,(H2,27,31)(H,28,32);1H. The topological polar surface area (TPSA) is 122 Å². The minimum Gasteiger partial charge on any atom is -0.379 e. The molecule has 0 bridgehead atoms. The highest BCUT2D eigenvalue weighted by Gasteiger charge is 2.29. The Labute approximate surface area is 232 Å². The van der Waals surface area contributed by atoms with Gasteiger partial charge in [-0.05, 0) is 41.8 Å². The van der Waals surface area contributed by atoms with Crippen molar-refractivity contribution < 1.29 is 22.7 Å². The number of nitrogens with zero attached hydrogens (tertiary/aromatic N) is 2. The second-order valence-corrected chi connectivity index (χ2v) is 12.1. The van der Waals surface area contributed by atoms with Gasteiger partial charge < -0.3 is 15.8 Å². The van der Waals surface area contributed by atoms with Crippen LogP contribution in [0.25, 0.3) is 0 Å². The van der Waals surface area contributed by atoms with Crippen molar-refractivity contribution in [3.05, 3.63) is 81.7 Å². The summed E-state index contributed by atoms with van der Waals surface area (Å²) in [6.45, 7) is 3.56. The van der Waals surface area contributed by atoms with Crippen LogP contribution in [-0.2, 0) is 34.3 Å². The summed E-state index contributed by atoms with van der Waals surface area (Å²) in [6, 6.07) is 16.0. The molecule has 2 aliphatic rings. The number of benzene rings is 2. The van der Waals surface area contributed by atoms with Gasteiger partial charge in [0.25, 0.3) is 11.8 Å². The van der Waals surface area contributed by atoms with Gasteiger partial charge in [-0.15, -0.1) is 23.7 Å².